The summed E-state index contributed by atoms with van der Waals surface area (Å²) in [6, 6.07) is 9.62. The summed E-state index contributed by atoms with van der Waals surface area (Å²) in [5, 5.41) is 38.0. The molecule has 21 nitrogen and oxygen atoms in total. The van der Waals surface area contributed by atoms with Crippen molar-refractivity contribution in [2.75, 3.05) is 26.0 Å². The number of fused-ring (bicyclic) bond motifs is 14. The van der Waals surface area contributed by atoms with Crippen molar-refractivity contribution >= 4 is 109 Å². The minimum atomic E-state index is -1.26. The van der Waals surface area contributed by atoms with Crippen LogP contribution in [0.15, 0.2) is 64.0 Å². The van der Waals surface area contributed by atoms with Gasteiger partial charge >= 0.3 is 0 Å². The number of aromatic nitrogens is 7. The van der Waals surface area contributed by atoms with Gasteiger partial charge in [0.15, 0.2) is 0 Å². The van der Waals surface area contributed by atoms with E-state index in [-0.39, 0.29) is 47.8 Å². The van der Waals surface area contributed by atoms with Gasteiger partial charge in [-0.25, -0.2) is 34.9 Å². The molecule has 27 heteroatoms. The molecule has 392 valence electrons. The molecule has 0 fully saturated rings. The molecule has 9 rings (SSSR count). The summed E-state index contributed by atoms with van der Waals surface area (Å²) in [6.45, 7) is 6.39. The number of benzene rings is 1. The lowest BCUT2D eigenvalue weighted by Gasteiger charge is -2.23. The lowest BCUT2D eigenvalue weighted by atomic mass is 10.0. The van der Waals surface area contributed by atoms with Crippen LogP contribution in [-0.2, 0) is 25.7 Å². The summed E-state index contributed by atoms with van der Waals surface area (Å²) in [5.41, 5.74) is 2.92. The van der Waals surface area contributed by atoms with Gasteiger partial charge in [-0.2, -0.15) is 0 Å². The molecular formula is C49H47N13O8S6. The number of amides is 6. The number of nitrogens with zero attached hydrogens (tertiary/aromatic N) is 7. The van der Waals surface area contributed by atoms with E-state index in [2.05, 4.69) is 46.9 Å². The maximum absolute atomic E-state index is 14.2. The van der Waals surface area contributed by atoms with E-state index in [1.165, 1.54) is 77.8 Å². The van der Waals surface area contributed by atoms with Gasteiger partial charge in [-0.15, -0.1) is 68.0 Å². The van der Waals surface area contributed by atoms with Crippen molar-refractivity contribution in [1.29, 1.82) is 0 Å². The van der Waals surface area contributed by atoms with Crippen LogP contribution in [0, 0.1) is 12.8 Å². The van der Waals surface area contributed by atoms with Gasteiger partial charge in [0, 0.05) is 53.0 Å². The minimum absolute atomic E-state index is 0.00670. The number of hydrogen-bond donors (Lipinski definition) is 7. The van der Waals surface area contributed by atoms with Gasteiger partial charge in [-0.1, -0.05) is 44.2 Å². The van der Waals surface area contributed by atoms with Crippen molar-refractivity contribution in [3.63, 3.8) is 0 Å². The number of ether oxygens (including phenoxy) is 1. The van der Waals surface area contributed by atoms with Crippen molar-refractivity contribution in [1.82, 2.24) is 61.5 Å². The van der Waals surface area contributed by atoms with Crippen LogP contribution in [0.25, 0.3) is 43.4 Å². The highest BCUT2D eigenvalue weighted by Gasteiger charge is 2.33. The van der Waals surface area contributed by atoms with Crippen LogP contribution in [-0.4, -0.2) is 96.1 Å². The Balaban J connectivity index is 1.13. The molecule has 7 aromatic heterocycles. The molecule has 0 unspecified atom stereocenters. The molecule has 0 spiro atoms. The number of aliphatic hydroxyl groups excluding tert-OH is 1. The third-order valence-corrected chi connectivity index (χ3v) is 17.3. The number of anilines is 1. The van der Waals surface area contributed by atoms with Crippen molar-refractivity contribution in [2.45, 2.75) is 65.0 Å². The van der Waals surface area contributed by atoms with Gasteiger partial charge in [-0.3, -0.25) is 28.8 Å². The second kappa shape index (κ2) is 23.4. The second-order valence-corrected chi connectivity index (χ2v) is 23.2. The molecule has 1 aliphatic rings. The van der Waals surface area contributed by atoms with E-state index >= 15 is 0 Å². The highest BCUT2D eigenvalue weighted by molar-refractivity contribution is 7.15. The predicted molar refractivity (Wildman–Crippen MR) is 291 cm³/mol. The Kier molecular flexibility index (Phi) is 16.5. The number of thiazole rings is 6. The molecule has 4 atom stereocenters. The standard InChI is InChI=1S/C49H47N13O8S6/c1-21(2)35-49-62-38(31(76-49)16-70-6)42(68)51-15-34(65)59-39(40(66)24-10-8-7-9-11-24)48-57-30(19-73-48)46-55-28(17-72-46)37-25(12-13-26(53-37)45-58-32(20-74-45)52-23(4)63)44-56-29(18-71-44)41(67)54-27(14-33(64)50-5)47-61-36(22(3)75-47)43(69)60-35/h7-13,17-21,27,35,39-40,66H,14-16H2,1-6H3,(H,50,64)(H,51,68)(H,52,63)(H,54,67)(H,59,65)(H,60,69)/t27-,35+,39-,40-/m0/s1. The normalized spacial score (nSPS) is 16.8. The molecule has 7 N–H and O–H groups in total. The summed E-state index contributed by atoms with van der Waals surface area (Å²) in [7, 11) is 2.95. The fourth-order valence-electron chi connectivity index (χ4n) is 7.82. The molecule has 0 saturated heterocycles. The summed E-state index contributed by atoms with van der Waals surface area (Å²) in [5.74, 6) is -2.97. The molecule has 76 heavy (non-hydrogen) atoms. The van der Waals surface area contributed by atoms with Gasteiger partial charge in [0.1, 0.15) is 82.2 Å². The molecule has 10 bridgehead atoms. The molecule has 1 aliphatic heterocycles. The van der Waals surface area contributed by atoms with Crippen molar-refractivity contribution in [3.8, 4) is 43.4 Å². The molecule has 8 aromatic rings. The van der Waals surface area contributed by atoms with Gasteiger partial charge in [0.05, 0.1) is 42.2 Å². The first-order chi connectivity index (χ1) is 36.6. The highest BCUT2D eigenvalue weighted by Crippen LogP contribution is 2.40. The SMILES string of the molecule is CNC(=O)C[C@@H]1NC(=O)c2csc(n2)-c2ccc(-c3nc(NC(C)=O)cs3)nc2-c2csc(n2)-c2csc(n2)[C@H]([C@@H](O)c2ccccc2)NC(=O)CNC(=O)c2nc(sc2COC)[C@@H](C(C)C)NC(=O)c2nc1sc2C. The monoisotopic (exact) mass is 1140 g/mol. The van der Waals surface area contributed by atoms with E-state index < -0.39 is 54.4 Å². The summed E-state index contributed by atoms with van der Waals surface area (Å²) in [6.07, 6.45) is -1.46. The number of aryl methyl sites for hydroxylation is 1. The van der Waals surface area contributed by atoms with Crippen LogP contribution in [0.2, 0.25) is 0 Å². The number of nitrogens with one attached hydrogen (secondary N) is 6. The minimum Gasteiger partial charge on any atom is -0.386 e. The second-order valence-electron chi connectivity index (χ2n) is 17.4. The van der Waals surface area contributed by atoms with Gasteiger partial charge < -0.3 is 41.7 Å². The Hall–Kier alpha value is -7.11. The van der Waals surface area contributed by atoms with E-state index in [9.17, 15) is 33.9 Å². The first-order valence-corrected chi connectivity index (χ1v) is 28.4. The van der Waals surface area contributed by atoms with Crippen LogP contribution in [0.3, 0.4) is 0 Å². The topological polar surface area (TPSA) is 294 Å². The Bertz CT molecular complexity index is 3470. The van der Waals surface area contributed by atoms with Crippen molar-refractivity contribution in [2.24, 2.45) is 5.92 Å². The molecule has 0 saturated carbocycles. The predicted octanol–water partition coefficient (Wildman–Crippen LogP) is 7.27. The lowest BCUT2D eigenvalue weighted by Crippen LogP contribution is -2.40. The van der Waals surface area contributed by atoms with E-state index in [4.69, 9.17) is 24.7 Å². The summed E-state index contributed by atoms with van der Waals surface area (Å²) < 4.78 is 5.44. The number of hydrogen-bond acceptors (Lipinski definition) is 21. The number of pyridine rings is 1. The van der Waals surface area contributed by atoms with Gasteiger partial charge in [0.2, 0.25) is 17.7 Å². The molecular weight excluding hydrogens is 1090 g/mol. The van der Waals surface area contributed by atoms with Crippen LogP contribution >= 0.6 is 68.0 Å². The van der Waals surface area contributed by atoms with Crippen molar-refractivity contribution in [3.05, 3.63) is 111 Å². The summed E-state index contributed by atoms with van der Waals surface area (Å²) >= 11 is 7.28. The zero-order valence-electron chi connectivity index (χ0n) is 41.2. The number of carbonyl (C=O) groups excluding carboxylic acids is 6. The quantitative estimate of drug-likeness (QED) is 0.0748. The maximum Gasteiger partial charge on any atom is 0.271 e. The van der Waals surface area contributed by atoms with Gasteiger partial charge in [-0.05, 0) is 30.5 Å². The highest BCUT2D eigenvalue weighted by atomic mass is 32.1. The average Bonchev–Trinajstić information content (AvgIpc) is 4.28. The van der Waals surface area contributed by atoms with E-state index in [0.29, 0.717) is 79.5 Å². The van der Waals surface area contributed by atoms with Crippen LogP contribution in [0.4, 0.5) is 5.82 Å². The number of aliphatic hydroxyl groups is 1. The van der Waals surface area contributed by atoms with Crippen LogP contribution in [0.5, 0.6) is 0 Å². The third-order valence-electron chi connectivity index (χ3n) is 11.6. The number of carbonyl (C=O) groups is 6. The smallest absolute Gasteiger partial charge is 0.271 e. The van der Waals surface area contributed by atoms with E-state index in [0.717, 1.165) is 11.3 Å². The molecule has 0 aliphatic carbocycles. The van der Waals surface area contributed by atoms with Gasteiger partial charge in [0.25, 0.3) is 17.7 Å². The summed E-state index contributed by atoms with van der Waals surface area (Å²) in [4.78, 5) is 116. The fraction of sp³-hybridized carbons (Fsp3) is 0.286. The first kappa shape index (κ1) is 53.7. The Morgan fingerprint density at radius 3 is 2.17 bits per heavy atom. The Labute approximate surface area is 458 Å². The van der Waals surface area contributed by atoms with Crippen LogP contribution in [0.1, 0.15) is 113 Å². The largest absolute Gasteiger partial charge is 0.386 e. The number of rotatable bonds is 9. The number of methoxy groups -OCH3 is 1. The third kappa shape index (κ3) is 11.9. The molecule has 6 amide bonds. The molecule has 1 aromatic carbocycles. The Morgan fingerprint density at radius 2 is 1.42 bits per heavy atom. The average molecular weight is 1140 g/mol. The fourth-order valence-corrected chi connectivity index (χ4v) is 13.3. The zero-order chi connectivity index (χ0) is 53.8. The Morgan fingerprint density at radius 1 is 0.711 bits per heavy atom. The zero-order valence-corrected chi connectivity index (χ0v) is 46.1. The van der Waals surface area contributed by atoms with Crippen molar-refractivity contribution < 1.29 is 38.6 Å². The van der Waals surface area contributed by atoms with E-state index in [1.807, 2.05) is 13.8 Å². The van der Waals surface area contributed by atoms with Crippen LogP contribution < -0.4 is 31.9 Å². The maximum atomic E-state index is 14.2. The first-order valence-electron chi connectivity index (χ1n) is 23.3. The van der Waals surface area contributed by atoms with E-state index in [1.54, 1.807) is 70.9 Å². The molecule has 0 radical (unpaired) electrons. The lowest BCUT2D eigenvalue weighted by molar-refractivity contribution is -0.122. The molecule has 8 heterocycles.